The van der Waals surface area contributed by atoms with Crippen molar-refractivity contribution in [2.45, 2.75) is 39.0 Å². The quantitative estimate of drug-likeness (QED) is 0.525. The predicted octanol–water partition coefficient (Wildman–Crippen LogP) is 2.80. The fourth-order valence-corrected chi connectivity index (χ4v) is 1.56. The second-order valence-electron chi connectivity index (χ2n) is 2.61. The summed E-state index contributed by atoms with van der Waals surface area (Å²) in [6.45, 7) is 2.22. The molecule has 0 fully saturated rings. The molecule has 0 spiro atoms. The summed E-state index contributed by atoms with van der Waals surface area (Å²) in [4.78, 5) is 9.79. The number of carbonyl (C=O) groups excluding carboxylic acids is 1. The van der Waals surface area contributed by atoms with Gasteiger partial charge in [0.2, 0.25) is 6.29 Å². The Morgan fingerprint density at radius 1 is 1.18 bits per heavy atom. The molecule has 0 aliphatic rings. The van der Waals surface area contributed by atoms with Gasteiger partial charge in [0.05, 0.1) is 5.75 Å². The molecule has 11 heavy (non-hydrogen) atoms. The van der Waals surface area contributed by atoms with Crippen molar-refractivity contribution in [2.75, 3.05) is 11.5 Å². The summed E-state index contributed by atoms with van der Waals surface area (Å²) in [6, 6.07) is 0. The molecule has 2 heteroatoms. The van der Waals surface area contributed by atoms with Crippen LogP contribution in [-0.2, 0) is 4.79 Å². The van der Waals surface area contributed by atoms with Gasteiger partial charge in [-0.1, -0.05) is 32.6 Å². The summed E-state index contributed by atoms with van der Waals surface area (Å²) in [5.74, 6) is 1.67. The third kappa shape index (κ3) is 10.0. The smallest absolute Gasteiger partial charge is 0.209 e. The van der Waals surface area contributed by atoms with Gasteiger partial charge in [-0.2, -0.15) is 11.8 Å². The van der Waals surface area contributed by atoms with Crippen LogP contribution in [0.4, 0.5) is 0 Å². The number of hydrogen-bond donors (Lipinski definition) is 0. The van der Waals surface area contributed by atoms with E-state index in [4.69, 9.17) is 0 Å². The van der Waals surface area contributed by atoms with Crippen molar-refractivity contribution in [3.8, 4) is 0 Å². The van der Waals surface area contributed by atoms with Gasteiger partial charge in [-0.05, 0) is 12.2 Å². The molecule has 0 unspecified atom stereocenters. The van der Waals surface area contributed by atoms with E-state index in [2.05, 4.69) is 6.92 Å². The number of rotatable bonds is 8. The molecule has 0 aromatic carbocycles. The lowest BCUT2D eigenvalue weighted by atomic mass is 10.2. The van der Waals surface area contributed by atoms with E-state index in [9.17, 15) is 4.79 Å². The first kappa shape index (κ1) is 11.0. The van der Waals surface area contributed by atoms with Crippen LogP contribution in [0.1, 0.15) is 39.0 Å². The van der Waals surface area contributed by atoms with Crippen molar-refractivity contribution in [3.63, 3.8) is 0 Å². The molecule has 0 amide bonds. The summed E-state index contributed by atoms with van der Waals surface area (Å²) in [7, 11) is 0. The molecule has 0 aromatic rings. The monoisotopic (exact) mass is 173 g/mol. The zero-order valence-corrected chi connectivity index (χ0v) is 8.08. The third-order valence-electron chi connectivity index (χ3n) is 1.55. The molecule has 0 aliphatic heterocycles. The predicted molar refractivity (Wildman–Crippen MR) is 51.8 cm³/mol. The molecular formula is C9H17OS. The van der Waals surface area contributed by atoms with Crippen LogP contribution in [0.5, 0.6) is 0 Å². The SMILES string of the molecule is CCCCCCCSC[C]=O. The first-order valence-electron chi connectivity index (χ1n) is 4.34. The average Bonchev–Trinajstić information content (AvgIpc) is 2.03. The Morgan fingerprint density at radius 2 is 1.91 bits per heavy atom. The Hall–Kier alpha value is 0.0200. The topological polar surface area (TPSA) is 17.1 Å². The maximum Gasteiger partial charge on any atom is 0.209 e. The van der Waals surface area contributed by atoms with Crippen LogP contribution < -0.4 is 0 Å². The maximum atomic E-state index is 9.79. The highest BCUT2D eigenvalue weighted by Gasteiger charge is 1.89. The summed E-state index contributed by atoms with van der Waals surface area (Å²) < 4.78 is 0. The zero-order valence-electron chi connectivity index (χ0n) is 7.27. The van der Waals surface area contributed by atoms with E-state index in [1.165, 1.54) is 32.1 Å². The number of hydrogen-bond acceptors (Lipinski definition) is 2. The van der Waals surface area contributed by atoms with E-state index in [0.717, 1.165) is 5.75 Å². The minimum absolute atomic E-state index is 0.549. The van der Waals surface area contributed by atoms with Crippen molar-refractivity contribution in [1.82, 2.24) is 0 Å². The van der Waals surface area contributed by atoms with Crippen molar-refractivity contribution in [3.05, 3.63) is 0 Å². The van der Waals surface area contributed by atoms with Gasteiger partial charge < -0.3 is 0 Å². The van der Waals surface area contributed by atoms with Gasteiger partial charge in [0.25, 0.3) is 0 Å². The summed E-state index contributed by atoms with van der Waals surface area (Å²) in [5.41, 5.74) is 0. The molecule has 65 valence electrons. The van der Waals surface area contributed by atoms with Gasteiger partial charge in [0.15, 0.2) is 0 Å². The average molecular weight is 173 g/mol. The van der Waals surface area contributed by atoms with E-state index < -0.39 is 0 Å². The van der Waals surface area contributed by atoms with E-state index in [1.54, 1.807) is 11.8 Å². The first-order valence-corrected chi connectivity index (χ1v) is 5.50. The third-order valence-corrected chi connectivity index (χ3v) is 2.45. The molecule has 0 N–H and O–H groups in total. The molecule has 0 heterocycles. The maximum absolute atomic E-state index is 9.79. The molecule has 0 bridgehead atoms. The Bertz CT molecular complexity index is 83.6. The summed E-state index contributed by atoms with van der Waals surface area (Å²) in [5, 5.41) is 0. The molecule has 0 aliphatic carbocycles. The molecule has 0 saturated heterocycles. The Morgan fingerprint density at radius 3 is 2.55 bits per heavy atom. The summed E-state index contributed by atoms with van der Waals surface area (Å²) >= 11 is 1.69. The molecule has 0 atom stereocenters. The van der Waals surface area contributed by atoms with E-state index in [-0.39, 0.29) is 0 Å². The molecular weight excluding hydrogens is 156 g/mol. The Labute approximate surface area is 73.9 Å². The summed E-state index contributed by atoms with van der Waals surface area (Å²) in [6.07, 6.45) is 8.46. The van der Waals surface area contributed by atoms with Gasteiger partial charge in [0, 0.05) is 0 Å². The van der Waals surface area contributed by atoms with Crippen molar-refractivity contribution in [1.29, 1.82) is 0 Å². The van der Waals surface area contributed by atoms with Gasteiger partial charge in [-0.3, -0.25) is 4.79 Å². The largest absolute Gasteiger partial charge is 0.290 e. The van der Waals surface area contributed by atoms with Crippen molar-refractivity contribution >= 4 is 18.0 Å². The van der Waals surface area contributed by atoms with Gasteiger partial charge in [-0.15, -0.1) is 0 Å². The fourth-order valence-electron chi connectivity index (χ4n) is 0.922. The van der Waals surface area contributed by atoms with Crippen LogP contribution in [0.3, 0.4) is 0 Å². The Kier molecular flexibility index (Phi) is 10.0. The molecule has 0 rings (SSSR count). The lowest BCUT2D eigenvalue weighted by Gasteiger charge is -1.97. The number of thioether (sulfide) groups is 1. The van der Waals surface area contributed by atoms with Crippen LogP contribution in [0, 0.1) is 0 Å². The van der Waals surface area contributed by atoms with Crippen molar-refractivity contribution in [2.24, 2.45) is 0 Å². The van der Waals surface area contributed by atoms with E-state index >= 15 is 0 Å². The van der Waals surface area contributed by atoms with Crippen LogP contribution in [0.2, 0.25) is 0 Å². The molecule has 1 nitrogen and oxygen atoms in total. The van der Waals surface area contributed by atoms with E-state index in [0.29, 0.717) is 5.75 Å². The standard InChI is InChI=1S/C9H17OS/c1-2-3-4-5-6-8-11-9-7-10/h2-6,8-9H2,1H3. The fraction of sp³-hybridized carbons (Fsp3) is 0.889. The lowest BCUT2D eigenvalue weighted by Crippen LogP contribution is -1.84. The van der Waals surface area contributed by atoms with Crippen molar-refractivity contribution < 1.29 is 4.79 Å². The first-order chi connectivity index (χ1) is 5.41. The van der Waals surface area contributed by atoms with E-state index in [1.807, 2.05) is 6.29 Å². The highest BCUT2D eigenvalue weighted by molar-refractivity contribution is 7.99. The van der Waals surface area contributed by atoms with Gasteiger partial charge >= 0.3 is 0 Å². The Balaban J connectivity index is 2.74. The van der Waals surface area contributed by atoms with Crippen LogP contribution in [-0.4, -0.2) is 17.8 Å². The molecule has 1 radical (unpaired) electrons. The van der Waals surface area contributed by atoms with Crippen LogP contribution in [0.25, 0.3) is 0 Å². The normalized spacial score (nSPS) is 9.91. The zero-order chi connectivity index (χ0) is 8.36. The van der Waals surface area contributed by atoms with Crippen LogP contribution >= 0.6 is 11.8 Å². The highest BCUT2D eigenvalue weighted by atomic mass is 32.2. The molecule has 0 aromatic heterocycles. The second-order valence-corrected chi connectivity index (χ2v) is 3.72. The van der Waals surface area contributed by atoms with Crippen LogP contribution in [0.15, 0.2) is 0 Å². The molecule has 0 saturated carbocycles. The minimum atomic E-state index is 0.549. The highest BCUT2D eigenvalue weighted by Crippen LogP contribution is 2.07. The number of unbranched alkanes of at least 4 members (excludes halogenated alkanes) is 4. The van der Waals surface area contributed by atoms with Gasteiger partial charge in [-0.25, -0.2) is 0 Å². The minimum Gasteiger partial charge on any atom is -0.290 e. The van der Waals surface area contributed by atoms with Gasteiger partial charge in [0.1, 0.15) is 0 Å². The second kappa shape index (κ2) is 10.0. The lowest BCUT2D eigenvalue weighted by molar-refractivity contribution is 0.560.